The molecule has 1 N–H and O–H groups in total. The predicted molar refractivity (Wildman–Crippen MR) is 73.5 cm³/mol. The molecule has 3 atom stereocenters. The van der Waals surface area contributed by atoms with Gasteiger partial charge in [-0.3, -0.25) is 0 Å². The topological polar surface area (TPSA) is 21.3 Å². The van der Waals surface area contributed by atoms with Crippen LogP contribution in [0.4, 0.5) is 4.39 Å². The van der Waals surface area contributed by atoms with Crippen LogP contribution in [0.1, 0.15) is 51.7 Å². The zero-order valence-corrected chi connectivity index (χ0v) is 11.9. The number of ether oxygens (including phenoxy) is 1. The number of nitrogens with one attached hydrogen (secondary N) is 1. The van der Waals surface area contributed by atoms with Crippen molar-refractivity contribution in [2.75, 3.05) is 0 Å². The second-order valence-corrected chi connectivity index (χ2v) is 6.62. The first-order chi connectivity index (χ1) is 8.93. The highest BCUT2D eigenvalue weighted by molar-refractivity contribution is 5.28. The van der Waals surface area contributed by atoms with E-state index in [0.717, 1.165) is 12.0 Å². The minimum absolute atomic E-state index is 0.0298. The molecule has 2 aliphatic heterocycles. The van der Waals surface area contributed by atoms with Crippen molar-refractivity contribution in [1.29, 1.82) is 0 Å². The summed E-state index contributed by atoms with van der Waals surface area (Å²) in [6.07, 6.45) is 3.62. The fourth-order valence-corrected chi connectivity index (χ4v) is 3.71. The molecule has 19 heavy (non-hydrogen) atoms. The largest absolute Gasteiger partial charge is 0.367 e. The third-order valence-corrected chi connectivity index (χ3v) is 4.65. The third-order valence-electron chi connectivity index (χ3n) is 4.65. The van der Waals surface area contributed by atoms with Crippen molar-refractivity contribution in [3.05, 3.63) is 35.6 Å². The van der Waals surface area contributed by atoms with E-state index >= 15 is 0 Å². The Morgan fingerprint density at radius 2 is 2.11 bits per heavy atom. The lowest BCUT2D eigenvalue weighted by atomic mass is 9.69. The van der Waals surface area contributed by atoms with Gasteiger partial charge in [-0.15, -0.1) is 0 Å². The molecule has 104 valence electrons. The Labute approximate surface area is 114 Å². The van der Waals surface area contributed by atoms with Crippen LogP contribution in [0.3, 0.4) is 0 Å². The quantitative estimate of drug-likeness (QED) is 0.836. The molecule has 2 saturated heterocycles. The van der Waals surface area contributed by atoms with E-state index in [4.69, 9.17) is 4.74 Å². The molecule has 0 radical (unpaired) electrons. The van der Waals surface area contributed by atoms with Crippen LogP contribution >= 0.6 is 0 Å². The number of piperidine rings is 1. The number of halogens is 1. The first-order valence-electron chi connectivity index (χ1n) is 7.13. The minimum atomic E-state index is -0.189. The molecular weight excluding hydrogens is 241 g/mol. The molecule has 2 fully saturated rings. The predicted octanol–water partition coefficient (Wildman–Crippen LogP) is 3.58. The van der Waals surface area contributed by atoms with Gasteiger partial charge in [-0.1, -0.05) is 12.1 Å². The van der Waals surface area contributed by atoms with Gasteiger partial charge in [0.1, 0.15) is 11.9 Å². The summed E-state index contributed by atoms with van der Waals surface area (Å²) >= 11 is 0. The van der Waals surface area contributed by atoms with Gasteiger partial charge < -0.3 is 10.1 Å². The van der Waals surface area contributed by atoms with Crippen molar-refractivity contribution < 1.29 is 9.13 Å². The molecule has 1 aromatic carbocycles. The zero-order valence-electron chi connectivity index (χ0n) is 11.9. The van der Waals surface area contributed by atoms with Crippen molar-refractivity contribution in [2.45, 2.75) is 63.3 Å². The SMILES string of the molecule is C[C@@H]1O[C@H](c2cccc(F)c2)C12CCCC(C)(C)N2. The van der Waals surface area contributed by atoms with Crippen molar-refractivity contribution in [3.63, 3.8) is 0 Å². The maximum Gasteiger partial charge on any atom is 0.123 e. The number of hydrogen-bond donors (Lipinski definition) is 1. The lowest BCUT2D eigenvalue weighted by Crippen LogP contribution is -2.73. The highest BCUT2D eigenvalue weighted by Crippen LogP contribution is 2.50. The summed E-state index contributed by atoms with van der Waals surface area (Å²) in [6, 6.07) is 6.81. The van der Waals surface area contributed by atoms with Crippen LogP contribution in [0.5, 0.6) is 0 Å². The van der Waals surface area contributed by atoms with Gasteiger partial charge in [-0.25, -0.2) is 4.39 Å². The van der Waals surface area contributed by atoms with Crippen LogP contribution in [0.2, 0.25) is 0 Å². The van der Waals surface area contributed by atoms with Crippen molar-refractivity contribution in [3.8, 4) is 0 Å². The standard InChI is InChI=1S/C16H22FNO/c1-11-16(9-5-8-15(2,3)18-16)14(19-11)12-6-4-7-13(17)10-12/h4,6-7,10-11,14,18H,5,8-9H2,1-3H3/t11-,14+,16?/m0/s1. The molecule has 0 aromatic heterocycles. The van der Waals surface area contributed by atoms with Gasteiger partial charge >= 0.3 is 0 Å². The first kappa shape index (κ1) is 13.1. The Hall–Kier alpha value is -0.930. The van der Waals surface area contributed by atoms with Gasteiger partial charge in [-0.05, 0) is 57.7 Å². The Bertz CT molecular complexity index is 487. The fourth-order valence-electron chi connectivity index (χ4n) is 3.71. The Kier molecular flexibility index (Phi) is 2.95. The van der Waals surface area contributed by atoms with Crippen molar-refractivity contribution in [1.82, 2.24) is 5.32 Å². The molecule has 1 unspecified atom stereocenters. The van der Waals surface area contributed by atoms with E-state index in [2.05, 4.69) is 26.1 Å². The Balaban J connectivity index is 1.91. The number of rotatable bonds is 1. The number of hydrogen-bond acceptors (Lipinski definition) is 2. The van der Waals surface area contributed by atoms with Crippen LogP contribution in [0.25, 0.3) is 0 Å². The van der Waals surface area contributed by atoms with Gasteiger partial charge in [0, 0.05) is 5.54 Å². The molecule has 2 nitrogen and oxygen atoms in total. The van der Waals surface area contributed by atoms with Crippen LogP contribution in [-0.2, 0) is 4.74 Å². The number of benzene rings is 1. The summed E-state index contributed by atoms with van der Waals surface area (Å²) in [6.45, 7) is 6.59. The fraction of sp³-hybridized carbons (Fsp3) is 0.625. The van der Waals surface area contributed by atoms with E-state index in [9.17, 15) is 4.39 Å². The lowest BCUT2D eigenvalue weighted by Gasteiger charge is -2.60. The highest BCUT2D eigenvalue weighted by atomic mass is 19.1. The van der Waals surface area contributed by atoms with E-state index in [0.29, 0.717) is 0 Å². The molecule has 2 aliphatic rings. The summed E-state index contributed by atoms with van der Waals surface area (Å²) in [5, 5.41) is 3.78. The van der Waals surface area contributed by atoms with Crippen LogP contribution in [-0.4, -0.2) is 17.2 Å². The third kappa shape index (κ3) is 2.09. The normalized spacial score (nSPS) is 37.1. The molecule has 0 saturated carbocycles. The zero-order chi connectivity index (χ0) is 13.7. The maximum absolute atomic E-state index is 13.4. The molecule has 0 bridgehead atoms. The smallest absolute Gasteiger partial charge is 0.123 e. The van der Waals surface area contributed by atoms with Gasteiger partial charge in [0.15, 0.2) is 0 Å². The summed E-state index contributed by atoms with van der Waals surface area (Å²) in [4.78, 5) is 0. The summed E-state index contributed by atoms with van der Waals surface area (Å²) in [5.41, 5.74) is 1.04. The van der Waals surface area contributed by atoms with Gasteiger partial charge in [0.05, 0.1) is 11.6 Å². The van der Waals surface area contributed by atoms with Crippen LogP contribution in [0, 0.1) is 5.82 Å². The average Bonchev–Trinajstić information content (AvgIpc) is 2.34. The average molecular weight is 263 g/mol. The van der Waals surface area contributed by atoms with Crippen molar-refractivity contribution >= 4 is 0 Å². The maximum atomic E-state index is 13.4. The van der Waals surface area contributed by atoms with Gasteiger partial charge in [0.25, 0.3) is 0 Å². The van der Waals surface area contributed by atoms with E-state index < -0.39 is 0 Å². The molecule has 1 spiro atoms. The summed E-state index contributed by atoms with van der Waals surface area (Å²) in [5.74, 6) is -0.189. The molecule has 1 aromatic rings. The molecule has 2 heterocycles. The second kappa shape index (κ2) is 4.29. The highest BCUT2D eigenvalue weighted by Gasteiger charge is 2.57. The second-order valence-electron chi connectivity index (χ2n) is 6.62. The monoisotopic (exact) mass is 263 g/mol. The van der Waals surface area contributed by atoms with E-state index in [-0.39, 0.29) is 29.1 Å². The minimum Gasteiger partial charge on any atom is -0.367 e. The lowest BCUT2D eigenvalue weighted by molar-refractivity contribution is -0.228. The molecular formula is C16H22FNO. The van der Waals surface area contributed by atoms with E-state index in [1.54, 1.807) is 12.1 Å². The van der Waals surface area contributed by atoms with Crippen LogP contribution in [0.15, 0.2) is 24.3 Å². The van der Waals surface area contributed by atoms with E-state index in [1.807, 2.05) is 6.07 Å². The Morgan fingerprint density at radius 1 is 1.32 bits per heavy atom. The van der Waals surface area contributed by atoms with Crippen molar-refractivity contribution in [2.24, 2.45) is 0 Å². The summed E-state index contributed by atoms with van der Waals surface area (Å²) < 4.78 is 19.4. The van der Waals surface area contributed by atoms with Crippen LogP contribution < -0.4 is 5.32 Å². The molecule has 0 amide bonds. The molecule has 0 aliphatic carbocycles. The first-order valence-corrected chi connectivity index (χ1v) is 7.13. The molecule has 3 rings (SSSR count). The van der Waals surface area contributed by atoms with Gasteiger partial charge in [-0.2, -0.15) is 0 Å². The molecule has 3 heteroatoms. The van der Waals surface area contributed by atoms with Gasteiger partial charge in [0.2, 0.25) is 0 Å². The Morgan fingerprint density at radius 3 is 2.74 bits per heavy atom. The summed E-state index contributed by atoms with van der Waals surface area (Å²) in [7, 11) is 0. The van der Waals surface area contributed by atoms with E-state index in [1.165, 1.54) is 18.9 Å².